The van der Waals surface area contributed by atoms with Crippen molar-refractivity contribution in [1.29, 1.82) is 0 Å². The van der Waals surface area contributed by atoms with Crippen molar-refractivity contribution in [2.45, 2.75) is 12.8 Å². The fraction of sp³-hybridized carbons (Fsp3) is 0.357. The molecule has 0 unspecified atom stereocenters. The average Bonchev–Trinajstić information content (AvgIpc) is 2.39. The van der Waals surface area contributed by atoms with Crippen molar-refractivity contribution in [1.82, 2.24) is 5.32 Å². The Kier molecular flexibility index (Phi) is 2.58. The summed E-state index contributed by atoms with van der Waals surface area (Å²) in [4.78, 5) is 4.72. The van der Waals surface area contributed by atoms with Crippen molar-refractivity contribution in [3.05, 3.63) is 47.0 Å². The molecule has 2 nitrogen and oxygen atoms in total. The van der Waals surface area contributed by atoms with E-state index in [1.54, 1.807) is 0 Å². The van der Waals surface area contributed by atoms with E-state index < -0.39 is 0 Å². The zero-order valence-corrected chi connectivity index (χ0v) is 9.37. The highest BCUT2D eigenvalue weighted by atomic mass is 14.9. The van der Waals surface area contributed by atoms with Gasteiger partial charge in [0.05, 0.1) is 5.71 Å². The molecule has 0 fully saturated rings. The van der Waals surface area contributed by atoms with Gasteiger partial charge in [-0.15, -0.1) is 0 Å². The van der Waals surface area contributed by atoms with Crippen molar-refractivity contribution in [2.24, 2.45) is 4.99 Å². The predicted molar refractivity (Wildman–Crippen MR) is 67.1 cm³/mol. The summed E-state index contributed by atoms with van der Waals surface area (Å²) in [7, 11) is 0. The summed E-state index contributed by atoms with van der Waals surface area (Å²) in [5, 5.41) is 3.35. The first kappa shape index (κ1) is 9.79. The number of hydrogen-bond donors (Lipinski definition) is 1. The van der Waals surface area contributed by atoms with Gasteiger partial charge in [0.2, 0.25) is 0 Å². The lowest BCUT2D eigenvalue weighted by Gasteiger charge is -2.21. The second-order valence-electron chi connectivity index (χ2n) is 4.32. The molecule has 82 valence electrons. The standard InChI is InChI=1S/C14H16N2/c1-2-4-13-11(3-1)7-10-16-14(13)12-5-8-15-9-6-12/h1-5,15H,6-10H2. The Morgan fingerprint density at radius 3 is 2.94 bits per heavy atom. The molecule has 0 bridgehead atoms. The highest BCUT2D eigenvalue weighted by Gasteiger charge is 2.17. The van der Waals surface area contributed by atoms with Crippen LogP contribution in [0.15, 0.2) is 40.9 Å². The molecule has 1 N–H and O–H groups in total. The molecule has 0 amide bonds. The van der Waals surface area contributed by atoms with Crippen LogP contribution < -0.4 is 5.32 Å². The highest BCUT2D eigenvalue weighted by molar-refractivity contribution is 6.14. The maximum absolute atomic E-state index is 4.72. The van der Waals surface area contributed by atoms with Gasteiger partial charge in [0, 0.05) is 18.7 Å². The lowest BCUT2D eigenvalue weighted by molar-refractivity contribution is 0.716. The number of nitrogens with zero attached hydrogens (tertiary/aromatic N) is 1. The molecule has 0 saturated carbocycles. The third-order valence-electron chi connectivity index (χ3n) is 3.29. The fourth-order valence-electron chi connectivity index (χ4n) is 2.45. The van der Waals surface area contributed by atoms with E-state index in [2.05, 4.69) is 35.7 Å². The first-order chi connectivity index (χ1) is 7.95. The van der Waals surface area contributed by atoms with Crippen LogP contribution in [-0.2, 0) is 6.42 Å². The maximum Gasteiger partial charge on any atom is 0.0679 e. The Morgan fingerprint density at radius 2 is 2.06 bits per heavy atom. The van der Waals surface area contributed by atoms with E-state index in [0.29, 0.717) is 0 Å². The number of aliphatic imine (C=N–C) groups is 1. The maximum atomic E-state index is 4.72. The Labute approximate surface area is 96.1 Å². The van der Waals surface area contributed by atoms with Gasteiger partial charge in [-0.2, -0.15) is 0 Å². The highest BCUT2D eigenvalue weighted by Crippen LogP contribution is 2.22. The molecular formula is C14H16N2. The van der Waals surface area contributed by atoms with Gasteiger partial charge in [-0.05, 0) is 30.5 Å². The monoisotopic (exact) mass is 212 g/mol. The second kappa shape index (κ2) is 4.22. The van der Waals surface area contributed by atoms with Gasteiger partial charge in [0.1, 0.15) is 0 Å². The molecule has 2 heteroatoms. The van der Waals surface area contributed by atoms with Crippen molar-refractivity contribution >= 4 is 5.71 Å². The first-order valence-corrected chi connectivity index (χ1v) is 5.98. The van der Waals surface area contributed by atoms with Crippen LogP contribution in [0.2, 0.25) is 0 Å². The topological polar surface area (TPSA) is 24.4 Å². The molecule has 0 saturated heterocycles. The molecule has 3 rings (SSSR count). The van der Waals surface area contributed by atoms with Gasteiger partial charge in [0.25, 0.3) is 0 Å². The van der Waals surface area contributed by atoms with Gasteiger partial charge < -0.3 is 5.32 Å². The van der Waals surface area contributed by atoms with Crippen molar-refractivity contribution < 1.29 is 0 Å². The SMILES string of the molecule is C1=C(C2=NCCc3ccccc32)CCNC1. The van der Waals surface area contributed by atoms with Crippen molar-refractivity contribution in [3.8, 4) is 0 Å². The van der Waals surface area contributed by atoms with E-state index in [9.17, 15) is 0 Å². The van der Waals surface area contributed by atoms with Crippen LogP contribution in [0.25, 0.3) is 0 Å². The van der Waals surface area contributed by atoms with Crippen LogP contribution >= 0.6 is 0 Å². The summed E-state index contributed by atoms with van der Waals surface area (Å²) in [5.74, 6) is 0. The molecule has 0 radical (unpaired) electrons. The molecule has 0 atom stereocenters. The van der Waals surface area contributed by atoms with Crippen LogP contribution in [-0.4, -0.2) is 25.3 Å². The normalized spacial score (nSPS) is 19.8. The van der Waals surface area contributed by atoms with Crippen LogP contribution in [0.3, 0.4) is 0 Å². The number of hydrogen-bond acceptors (Lipinski definition) is 2. The molecule has 1 aromatic rings. The predicted octanol–water partition coefficient (Wildman–Crippen LogP) is 1.95. The van der Waals surface area contributed by atoms with Gasteiger partial charge in [-0.3, -0.25) is 4.99 Å². The molecule has 0 spiro atoms. The summed E-state index contributed by atoms with van der Waals surface area (Å²) in [6.07, 6.45) is 4.48. The minimum atomic E-state index is 0.942. The minimum absolute atomic E-state index is 0.942. The Bertz CT molecular complexity index is 458. The Morgan fingerprint density at radius 1 is 1.12 bits per heavy atom. The zero-order valence-electron chi connectivity index (χ0n) is 9.37. The summed E-state index contributed by atoms with van der Waals surface area (Å²) >= 11 is 0. The smallest absolute Gasteiger partial charge is 0.0679 e. The largest absolute Gasteiger partial charge is 0.313 e. The molecule has 2 aliphatic rings. The summed E-state index contributed by atoms with van der Waals surface area (Å²) in [6.45, 7) is 3.00. The first-order valence-electron chi connectivity index (χ1n) is 5.98. The summed E-state index contributed by atoms with van der Waals surface area (Å²) in [5.41, 5.74) is 5.46. The molecule has 1 aromatic carbocycles. The zero-order chi connectivity index (χ0) is 10.8. The fourth-order valence-corrected chi connectivity index (χ4v) is 2.45. The number of nitrogens with one attached hydrogen (secondary N) is 1. The second-order valence-corrected chi connectivity index (χ2v) is 4.32. The molecular weight excluding hydrogens is 196 g/mol. The molecule has 2 heterocycles. The minimum Gasteiger partial charge on any atom is -0.313 e. The molecule has 0 aromatic heterocycles. The van der Waals surface area contributed by atoms with Crippen LogP contribution in [0.5, 0.6) is 0 Å². The van der Waals surface area contributed by atoms with E-state index in [4.69, 9.17) is 4.99 Å². The Balaban J connectivity index is 2.02. The van der Waals surface area contributed by atoms with E-state index in [1.165, 1.54) is 22.4 Å². The van der Waals surface area contributed by atoms with Crippen LogP contribution in [0.1, 0.15) is 17.5 Å². The van der Waals surface area contributed by atoms with Gasteiger partial charge in [-0.25, -0.2) is 0 Å². The molecule has 16 heavy (non-hydrogen) atoms. The average molecular weight is 212 g/mol. The third kappa shape index (κ3) is 1.69. The lowest BCUT2D eigenvalue weighted by atomic mass is 9.91. The number of benzene rings is 1. The van der Waals surface area contributed by atoms with Gasteiger partial charge >= 0.3 is 0 Å². The summed E-state index contributed by atoms with van der Waals surface area (Å²) in [6, 6.07) is 8.67. The van der Waals surface area contributed by atoms with Crippen LogP contribution in [0, 0.1) is 0 Å². The number of rotatable bonds is 1. The molecule has 2 aliphatic heterocycles. The summed E-state index contributed by atoms with van der Waals surface area (Å²) < 4.78 is 0. The van der Waals surface area contributed by atoms with Gasteiger partial charge in [0.15, 0.2) is 0 Å². The van der Waals surface area contributed by atoms with Crippen molar-refractivity contribution in [3.63, 3.8) is 0 Å². The van der Waals surface area contributed by atoms with E-state index in [-0.39, 0.29) is 0 Å². The lowest BCUT2D eigenvalue weighted by Crippen LogP contribution is -2.25. The quantitative estimate of drug-likeness (QED) is 0.756. The Hall–Kier alpha value is -1.41. The van der Waals surface area contributed by atoms with Crippen molar-refractivity contribution in [2.75, 3.05) is 19.6 Å². The van der Waals surface area contributed by atoms with Crippen LogP contribution in [0.4, 0.5) is 0 Å². The molecule has 0 aliphatic carbocycles. The van der Waals surface area contributed by atoms with Gasteiger partial charge in [-0.1, -0.05) is 30.3 Å². The number of fused-ring (bicyclic) bond motifs is 1. The van der Waals surface area contributed by atoms with E-state index in [1.807, 2.05) is 0 Å². The third-order valence-corrected chi connectivity index (χ3v) is 3.29. The van der Waals surface area contributed by atoms with E-state index >= 15 is 0 Å². The van der Waals surface area contributed by atoms with E-state index in [0.717, 1.165) is 32.5 Å².